The minimum absolute atomic E-state index is 0.232. The number of aliphatic hydroxyl groups is 1. The minimum Gasteiger partial charge on any atom is -0.393 e. The molecule has 1 atom stereocenters. The third kappa shape index (κ3) is 3.52. The van der Waals surface area contributed by atoms with Crippen molar-refractivity contribution in [1.82, 2.24) is 15.1 Å². The van der Waals surface area contributed by atoms with Gasteiger partial charge in [-0.25, -0.2) is 4.98 Å². The van der Waals surface area contributed by atoms with Crippen LogP contribution in [0.15, 0.2) is 22.9 Å². The first-order valence-corrected chi connectivity index (χ1v) is 8.27. The first-order chi connectivity index (χ1) is 11.0. The van der Waals surface area contributed by atoms with Crippen LogP contribution in [0.2, 0.25) is 0 Å². The average Bonchev–Trinajstić information content (AvgIpc) is 3.05. The Kier molecular flexibility index (Phi) is 4.61. The van der Waals surface area contributed by atoms with Gasteiger partial charge in [0.25, 0.3) is 5.89 Å². The molecule has 1 aliphatic rings. The van der Waals surface area contributed by atoms with Crippen LogP contribution in [-0.2, 0) is 0 Å². The van der Waals surface area contributed by atoms with Crippen LogP contribution in [0.3, 0.4) is 0 Å². The maximum Gasteiger partial charge on any atom is 0.258 e. The fourth-order valence-corrected chi connectivity index (χ4v) is 2.92. The Hall–Kier alpha value is -1.95. The van der Waals surface area contributed by atoms with E-state index in [0.29, 0.717) is 11.8 Å². The van der Waals surface area contributed by atoms with Crippen molar-refractivity contribution < 1.29 is 9.63 Å². The maximum absolute atomic E-state index is 9.71. The van der Waals surface area contributed by atoms with Crippen LogP contribution in [0.25, 0.3) is 11.5 Å². The minimum atomic E-state index is -0.232. The highest BCUT2D eigenvalue weighted by molar-refractivity contribution is 5.58. The zero-order valence-electron chi connectivity index (χ0n) is 13.9. The molecule has 0 aliphatic carbocycles. The maximum atomic E-state index is 9.71. The molecule has 0 saturated carbocycles. The molecule has 2 aromatic rings. The van der Waals surface area contributed by atoms with Gasteiger partial charge in [-0.2, -0.15) is 4.98 Å². The molecule has 1 aliphatic heterocycles. The van der Waals surface area contributed by atoms with Crippen LogP contribution in [-0.4, -0.2) is 39.4 Å². The first-order valence-electron chi connectivity index (χ1n) is 8.27. The van der Waals surface area contributed by atoms with Crippen molar-refractivity contribution >= 4 is 5.82 Å². The highest BCUT2D eigenvalue weighted by Crippen LogP contribution is 2.27. The van der Waals surface area contributed by atoms with E-state index in [1.54, 1.807) is 6.20 Å². The number of hydrogen-bond acceptors (Lipinski definition) is 6. The van der Waals surface area contributed by atoms with Crippen LogP contribution in [0.1, 0.15) is 45.4 Å². The van der Waals surface area contributed by atoms with E-state index < -0.39 is 0 Å². The Morgan fingerprint density at radius 2 is 2.00 bits per heavy atom. The van der Waals surface area contributed by atoms with Crippen molar-refractivity contribution in [3.8, 4) is 11.5 Å². The molecule has 0 spiro atoms. The molecule has 1 unspecified atom stereocenters. The number of nitrogens with zero attached hydrogens (tertiary/aromatic N) is 4. The lowest BCUT2D eigenvalue weighted by atomic mass is 9.92. The summed E-state index contributed by atoms with van der Waals surface area (Å²) in [6.45, 7) is 7.78. The van der Waals surface area contributed by atoms with Crippen LogP contribution in [0.4, 0.5) is 5.82 Å². The molecule has 6 nitrogen and oxygen atoms in total. The second-order valence-electron chi connectivity index (χ2n) is 6.58. The van der Waals surface area contributed by atoms with E-state index in [9.17, 15) is 5.11 Å². The summed E-state index contributed by atoms with van der Waals surface area (Å²) in [7, 11) is 0. The SMILES string of the molecule is CC(C)c1noc(-c2ccnc(N3CCC(C(C)O)CC3)c2)n1. The molecule has 2 aromatic heterocycles. The van der Waals surface area contributed by atoms with Crippen LogP contribution in [0.5, 0.6) is 0 Å². The lowest BCUT2D eigenvalue weighted by Crippen LogP contribution is -2.37. The van der Waals surface area contributed by atoms with Gasteiger partial charge >= 0.3 is 0 Å². The molecule has 1 fully saturated rings. The second kappa shape index (κ2) is 6.66. The highest BCUT2D eigenvalue weighted by Gasteiger charge is 2.23. The topological polar surface area (TPSA) is 75.3 Å². The van der Waals surface area contributed by atoms with Gasteiger partial charge in [-0.3, -0.25) is 0 Å². The predicted molar refractivity (Wildman–Crippen MR) is 88.2 cm³/mol. The van der Waals surface area contributed by atoms with E-state index >= 15 is 0 Å². The third-order valence-corrected chi connectivity index (χ3v) is 4.50. The van der Waals surface area contributed by atoms with E-state index in [4.69, 9.17) is 4.52 Å². The summed E-state index contributed by atoms with van der Waals surface area (Å²) in [4.78, 5) is 11.2. The molecular formula is C17H24N4O2. The number of rotatable bonds is 4. The molecule has 0 amide bonds. The largest absolute Gasteiger partial charge is 0.393 e. The lowest BCUT2D eigenvalue weighted by molar-refractivity contribution is 0.110. The quantitative estimate of drug-likeness (QED) is 0.935. The molecule has 0 radical (unpaired) electrons. The van der Waals surface area contributed by atoms with Gasteiger partial charge in [0.15, 0.2) is 5.82 Å². The molecule has 6 heteroatoms. The zero-order valence-corrected chi connectivity index (χ0v) is 13.9. The monoisotopic (exact) mass is 316 g/mol. The van der Waals surface area contributed by atoms with Gasteiger partial charge in [0.2, 0.25) is 0 Å². The Morgan fingerprint density at radius 3 is 2.61 bits per heavy atom. The molecule has 0 bridgehead atoms. The Labute approximate surface area is 136 Å². The van der Waals surface area contributed by atoms with Gasteiger partial charge in [0.05, 0.1) is 6.10 Å². The number of piperidine rings is 1. The fourth-order valence-electron chi connectivity index (χ4n) is 2.92. The normalized spacial score (nSPS) is 17.7. The number of aromatic nitrogens is 3. The van der Waals surface area contributed by atoms with Crippen molar-refractivity contribution in [1.29, 1.82) is 0 Å². The number of aliphatic hydroxyl groups excluding tert-OH is 1. The van der Waals surface area contributed by atoms with Gasteiger partial charge in [-0.15, -0.1) is 0 Å². The lowest BCUT2D eigenvalue weighted by Gasteiger charge is -2.34. The number of pyridine rings is 1. The van der Waals surface area contributed by atoms with Crippen molar-refractivity contribution in [2.45, 2.75) is 45.6 Å². The summed E-state index contributed by atoms with van der Waals surface area (Å²) in [6, 6.07) is 3.89. The summed E-state index contributed by atoms with van der Waals surface area (Å²) in [6.07, 6.45) is 3.53. The standard InChI is InChI=1S/C17H24N4O2/c1-11(2)16-19-17(23-20-16)14-4-7-18-15(10-14)21-8-5-13(6-9-21)12(3)22/h4,7,10-13,22H,5-6,8-9H2,1-3H3. The molecule has 0 aromatic carbocycles. The Bertz CT molecular complexity index is 646. The molecule has 23 heavy (non-hydrogen) atoms. The van der Waals surface area contributed by atoms with Crippen molar-refractivity contribution in [2.24, 2.45) is 5.92 Å². The number of hydrogen-bond donors (Lipinski definition) is 1. The van der Waals surface area contributed by atoms with Crippen molar-refractivity contribution in [3.05, 3.63) is 24.2 Å². The fraction of sp³-hybridized carbons (Fsp3) is 0.588. The number of anilines is 1. The van der Waals surface area contributed by atoms with E-state index in [1.807, 2.05) is 32.9 Å². The van der Waals surface area contributed by atoms with Crippen LogP contribution >= 0.6 is 0 Å². The van der Waals surface area contributed by atoms with E-state index in [1.165, 1.54) is 0 Å². The van der Waals surface area contributed by atoms with Gasteiger partial charge in [-0.05, 0) is 37.8 Å². The van der Waals surface area contributed by atoms with E-state index in [2.05, 4.69) is 20.0 Å². The summed E-state index contributed by atoms with van der Waals surface area (Å²) in [5.74, 6) is 2.82. The average molecular weight is 316 g/mol. The molecule has 124 valence electrons. The first kappa shape index (κ1) is 15.9. The predicted octanol–water partition coefficient (Wildman–Crippen LogP) is 2.85. The van der Waals surface area contributed by atoms with Gasteiger partial charge in [0.1, 0.15) is 5.82 Å². The molecule has 3 heterocycles. The van der Waals surface area contributed by atoms with E-state index in [-0.39, 0.29) is 12.0 Å². The summed E-state index contributed by atoms with van der Waals surface area (Å²) < 4.78 is 5.36. The highest BCUT2D eigenvalue weighted by atomic mass is 16.5. The van der Waals surface area contributed by atoms with Crippen molar-refractivity contribution in [2.75, 3.05) is 18.0 Å². The van der Waals surface area contributed by atoms with Crippen molar-refractivity contribution in [3.63, 3.8) is 0 Å². The van der Waals surface area contributed by atoms with E-state index in [0.717, 1.165) is 43.1 Å². The van der Waals surface area contributed by atoms with Crippen LogP contribution < -0.4 is 4.90 Å². The summed E-state index contributed by atoms with van der Waals surface area (Å²) in [5.41, 5.74) is 0.895. The summed E-state index contributed by atoms with van der Waals surface area (Å²) >= 11 is 0. The zero-order chi connectivity index (χ0) is 16.4. The molecular weight excluding hydrogens is 292 g/mol. The molecule has 1 N–H and O–H groups in total. The smallest absolute Gasteiger partial charge is 0.258 e. The van der Waals surface area contributed by atoms with Gasteiger partial charge < -0.3 is 14.5 Å². The van der Waals surface area contributed by atoms with Gasteiger partial charge in [-0.1, -0.05) is 19.0 Å². The molecule has 3 rings (SSSR count). The van der Waals surface area contributed by atoms with Gasteiger partial charge in [0, 0.05) is 30.8 Å². The molecule has 1 saturated heterocycles. The summed E-state index contributed by atoms with van der Waals surface area (Å²) in [5, 5.41) is 13.7. The van der Waals surface area contributed by atoms with Crippen LogP contribution in [0, 0.1) is 5.92 Å². The second-order valence-corrected chi connectivity index (χ2v) is 6.58. The third-order valence-electron chi connectivity index (χ3n) is 4.50. The Morgan fingerprint density at radius 1 is 1.26 bits per heavy atom. The Balaban J connectivity index is 1.75.